The van der Waals surface area contributed by atoms with Gasteiger partial charge in [-0.25, -0.2) is 0 Å². The lowest BCUT2D eigenvalue weighted by Gasteiger charge is -2.35. The molecule has 0 saturated heterocycles. The van der Waals surface area contributed by atoms with Gasteiger partial charge < -0.3 is 0 Å². The van der Waals surface area contributed by atoms with Crippen LogP contribution in [-0.4, -0.2) is 0 Å². The molecule has 1 fully saturated rings. The third-order valence-electron chi connectivity index (χ3n) is 6.93. The maximum Gasteiger partial charge on any atom is 0.0822 e. The van der Waals surface area contributed by atoms with Crippen molar-refractivity contribution in [3.63, 3.8) is 0 Å². The minimum absolute atomic E-state index is 0.274. The Morgan fingerprint density at radius 1 is 0.828 bits per heavy atom. The summed E-state index contributed by atoms with van der Waals surface area (Å²) in [7, 11) is 0. The number of rotatable bonds is 9. The molecule has 0 N–H and O–H groups in total. The largest absolute Gasteiger partial charge is 0.197 e. The molecule has 1 aliphatic carbocycles. The SMILES string of the molecule is CCCCCC1CCC(C#N)(c2ccc(-c3ccc(CCCC)cc3)cc2)CC1. The van der Waals surface area contributed by atoms with E-state index in [0.717, 1.165) is 18.8 Å². The summed E-state index contributed by atoms with van der Waals surface area (Å²) in [5.74, 6) is 0.827. The molecule has 0 aliphatic heterocycles. The van der Waals surface area contributed by atoms with E-state index in [1.807, 2.05) is 0 Å². The number of benzene rings is 2. The zero-order valence-corrected chi connectivity index (χ0v) is 18.4. The second-order valence-electron chi connectivity index (χ2n) is 9.01. The van der Waals surface area contributed by atoms with Crippen molar-refractivity contribution in [2.24, 2.45) is 5.92 Å². The molecule has 0 unspecified atom stereocenters. The molecule has 2 aromatic rings. The first-order chi connectivity index (χ1) is 14.2. The third kappa shape index (κ3) is 5.51. The molecule has 0 atom stereocenters. The zero-order chi connectivity index (χ0) is 20.5. The highest BCUT2D eigenvalue weighted by Gasteiger charge is 2.36. The second-order valence-corrected chi connectivity index (χ2v) is 9.01. The van der Waals surface area contributed by atoms with Crippen LogP contribution >= 0.6 is 0 Å². The number of hydrogen-bond acceptors (Lipinski definition) is 1. The van der Waals surface area contributed by atoms with E-state index in [-0.39, 0.29) is 5.41 Å². The summed E-state index contributed by atoms with van der Waals surface area (Å²) < 4.78 is 0. The van der Waals surface area contributed by atoms with Crippen LogP contribution in [-0.2, 0) is 11.8 Å². The molecule has 0 bridgehead atoms. The van der Waals surface area contributed by atoms with Gasteiger partial charge in [-0.2, -0.15) is 5.26 Å². The quantitative estimate of drug-likeness (QED) is 0.397. The van der Waals surface area contributed by atoms with Crippen LogP contribution in [0.15, 0.2) is 48.5 Å². The molecule has 1 aliphatic rings. The first-order valence-electron chi connectivity index (χ1n) is 11.8. The van der Waals surface area contributed by atoms with E-state index in [2.05, 4.69) is 68.4 Å². The average Bonchev–Trinajstić information content (AvgIpc) is 2.79. The maximum absolute atomic E-state index is 10.0. The summed E-state index contributed by atoms with van der Waals surface area (Å²) in [6, 6.07) is 20.5. The number of nitrogens with zero attached hydrogens (tertiary/aromatic N) is 1. The van der Waals surface area contributed by atoms with E-state index >= 15 is 0 Å². The molecule has 0 radical (unpaired) electrons. The lowest BCUT2D eigenvalue weighted by Crippen LogP contribution is -2.30. The monoisotopic (exact) mass is 387 g/mol. The number of nitriles is 1. The topological polar surface area (TPSA) is 23.8 Å². The Bertz CT molecular complexity index is 771. The molecule has 1 nitrogen and oxygen atoms in total. The van der Waals surface area contributed by atoms with Crippen LogP contribution in [0.3, 0.4) is 0 Å². The minimum atomic E-state index is -0.274. The predicted molar refractivity (Wildman–Crippen MR) is 124 cm³/mol. The molecule has 154 valence electrons. The smallest absolute Gasteiger partial charge is 0.0822 e. The molecule has 1 saturated carbocycles. The van der Waals surface area contributed by atoms with E-state index in [1.54, 1.807) is 0 Å². The van der Waals surface area contributed by atoms with Crippen molar-refractivity contribution in [1.29, 1.82) is 5.26 Å². The van der Waals surface area contributed by atoms with Crippen LogP contribution in [0, 0.1) is 17.2 Å². The van der Waals surface area contributed by atoms with Gasteiger partial charge in [0.25, 0.3) is 0 Å². The summed E-state index contributed by atoms with van der Waals surface area (Å²) in [5.41, 5.74) is 4.88. The highest BCUT2D eigenvalue weighted by Crippen LogP contribution is 2.43. The molecule has 0 spiro atoms. The van der Waals surface area contributed by atoms with Crippen molar-refractivity contribution >= 4 is 0 Å². The molecule has 29 heavy (non-hydrogen) atoms. The van der Waals surface area contributed by atoms with Crippen LogP contribution < -0.4 is 0 Å². The highest BCUT2D eigenvalue weighted by atomic mass is 14.4. The van der Waals surface area contributed by atoms with E-state index in [4.69, 9.17) is 0 Å². The Hall–Kier alpha value is -2.07. The normalized spacial score (nSPS) is 21.6. The van der Waals surface area contributed by atoms with E-state index in [1.165, 1.54) is 80.0 Å². The van der Waals surface area contributed by atoms with Crippen molar-refractivity contribution in [2.45, 2.75) is 89.9 Å². The van der Waals surface area contributed by atoms with E-state index in [0.29, 0.717) is 0 Å². The van der Waals surface area contributed by atoms with Gasteiger partial charge in [-0.1, -0.05) is 94.5 Å². The van der Waals surface area contributed by atoms with Gasteiger partial charge in [-0.05, 0) is 66.7 Å². The van der Waals surface area contributed by atoms with Crippen molar-refractivity contribution in [2.75, 3.05) is 0 Å². The maximum atomic E-state index is 10.0. The Morgan fingerprint density at radius 2 is 1.41 bits per heavy atom. The Labute approximate surface area is 178 Å². The van der Waals surface area contributed by atoms with Gasteiger partial charge >= 0.3 is 0 Å². The predicted octanol–water partition coefficient (Wildman–Crippen LogP) is 8.23. The number of aryl methyl sites for hydroxylation is 1. The van der Waals surface area contributed by atoms with E-state index in [9.17, 15) is 5.26 Å². The molecular formula is C28H37N. The molecule has 0 heterocycles. The van der Waals surface area contributed by atoms with Gasteiger partial charge in [0.1, 0.15) is 0 Å². The summed E-state index contributed by atoms with van der Waals surface area (Å²) >= 11 is 0. The molecule has 2 aromatic carbocycles. The van der Waals surface area contributed by atoms with Crippen LogP contribution in [0.25, 0.3) is 11.1 Å². The Balaban J connectivity index is 1.65. The standard InChI is InChI=1S/C28H37N/c1-3-5-7-9-24-18-20-28(22-29,21-19-24)27-16-14-26(15-17-27)25-12-10-23(11-13-25)8-6-4-2/h10-17,24H,3-9,18-21H2,1-2H3. The summed E-state index contributed by atoms with van der Waals surface area (Å²) in [4.78, 5) is 0. The van der Waals surface area contributed by atoms with Crippen LogP contribution in [0.4, 0.5) is 0 Å². The molecular weight excluding hydrogens is 350 g/mol. The second kappa shape index (κ2) is 10.6. The Morgan fingerprint density at radius 3 is 1.97 bits per heavy atom. The fraction of sp³-hybridized carbons (Fsp3) is 0.536. The van der Waals surface area contributed by atoms with Crippen molar-refractivity contribution in [3.8, 4) is 17.2 Å². The first kappa shape index (κ1) is 21.6. The molecule has 0 amide bonds. The van der Waals surface area contributed by atoms with Gasteiger partial charge in [-0.3, -0.25) is 0 Å². The van der Waals surface area contributed by atoms with Crippen molar-refractivity contribution < 1.29 is 0 Å². The fourth-order valence-electron chi connectivity index (χ4n) is 4.83. The minimum Gasteiger partial charge on any atom is -0.197 e. The lowest BCUT2D eigenvalue weighted by molar-refractivity contribution is 0.262. The van der Waals surface area contributed by atoms with Crippen LogP contribution in [0.2, 0.25) is 0 Å². The molecule has 0 aromatic heterocycles. The van der Waals surface area contributed by atoms with Crippen LogP contribution in [0.5, 0.6) is 0 Å². The number of hydrogen-bond donors (Lipinski definition) is 0. The summed E-state index contributed by atoms with van der Waals surface area (Å²) in [6.07, 6.45) is 13.5. The van der Waals surface area contributed by atoms with Gasteiger partial charge in [0.05, 0.1) is 11.5 Å². The van der Waals surface area contributed by atoms with Crippen LogP contribution in [0.1, 0.15) is 89.2 Å². The van der Waals surface area contributed by atoms with Gasteiger partial charge in [0.15, 0.2) is 0 Å². The lowest BCUT2D eigenvalue weighted by atomic mass is 9.66. The zero-order valence-electron chi connectivity index (χ0n) is 18.4. The Kier molecular flexibility index (Phi) is 7.93. The molecule has 3 rings (SSSR count). The van der Waals surface area contributed by atoms with E-state index < -0.39 is 0 Å². The number of unbranched alkanes of at least 4 members (excludes halogenated alkanes) is 3. The van der Waals surface area contributed by atoms with Gasteiger partial charge in [-0.15, -0.1) is 0 Å². The first-order valence-corrected chi connectivity index (χ1v) is 11.8. The van der Waals surface area contributed by atoms with Gasteiger partial charge in [0.2, 0.25) is 0 Å². The van der Waals surface area contributed by atoms with Gasteiger partial charge in [0, 0.05) is 0 Å². The summed E-state index contributed by atoms with van der Waals surface area (Å²) in [5, 5.41) is 10.0. The highest BCUT2D eigenvalue weighted by molar-refractivity contribution is 5.64. The summed E-state index contributed by atoms with van der Waals surface area (Å²) in [6.45, 7) is 4.51. The third-order valence-corrected chi connectivity index (χ3v) is 6.93. The van der Waals surface area contributed by atoms with Crippen molar-refractivity contribution in [1.82, 2.24) is 0 Å². The van der Waals surface area contributed by atoms with Crippen molar-refractivity contribution in [3.05, 3.63) is 59.7 Å². The average molecular weight is 388 g/mol. The molecule has 1 heteroatoms. The fourth-order valence-corrected chi connectivity index (χ4v) is 4.83.